The summed E-state index contributed by atoms with van der Waals surface area (Å²) in [5.74, 6) is 0. The van der Waals surface area contributed by atoms with Gasteiger partial charge in [0.1, 0.15) is 0 Å². The molecular weight excluding hydrogens is 212 g/mol. The molecule has 1 aliphatic rings. The van der Waals surface area contributed by atoms with Crippen molar-refractivity contribution in [3.8, 4) is 0 Å². The highest BCUT2D eigenvalue weighted by Gasteiger charge is 2.27. The molecule has 94 valence electrons. The molecule has 1 saturated heterocycles. The fourth-order valence-electron chi connectivity index (χ4n) is 2.51. The molecule has 0 bridgehead atoms. The minimum Gasteiger partial charge on any atom is -0.302 e. The molecule has 0 saturated carbocycles. The zero-order valence-electron chi connectivity index (χ0n) is 10.8. The van der Waals surface area contributed by atoms with Crippen molar-refractivity contribution in [3.63, 3.8) is 0 Å². The molecule has 0 aromatic heterocycles. The van der Waals surface area contributed by atoms with Crippen molar-refractivity contribution in [1.29, 1.82) is 0 Å². The molecule has 0 radical (unpaired) electrons. The summed E-state index contributed by atoms with van der Waals surface area (Å²) in [5, 5.41) is 2.06. The van der Waals surface area contributed by atoms with Crippen LogP contribution in [0.2, 0.25) is 0 Å². The molecule has 1 aliphatic heterocycles. The Kier molecular flexibility index (Phi) is 4.54. The molecule has 0 aliphatic carbocycles. The first kappa shape index (κ1) is 12.6. The molecule has 3 nitrogen and oxygen atoms in total. The van der Waals surface area contributed by atoms with Crippen molar-refractivity contribution in [3.05, 3.63) is 35.9 Å². The van der Waals surface area contributed by atoms with Gasteiger partial charge in [0, 0.05) is 25.7 Å². The second-order valence-corrected chi connectivity index (χ2v) is 4.53. The lowest BCUT2D eigenvalue weighted by Crippen LogP contribution is -2.48. The third kappa shape index (κ3) is 3.06. The van der Waals surface area contributed by atoms with Gasteiger partial charge in [-0.25, -0.2) is 0 Å². The molecule has 2 rings (SSSR count). The standard InChI is InChI=1S/C14H22N2O/c1-3-9-15-10-11-16(17-2)12-14(15)13-7-5-4-6-8-13/h4-8,14H,3,9-12H2,1-2H3. The Morgan fingerprint density at radius 2 is 2.00 bits per heavy atom. The number of rotatable bonds is 4. The fraction of sp³-hybridized carbons (Fsp3) is 0.571. The molecule has 0 N–H and O–H groups in total. The lowest BCUT2D eigenvalue weighted by molar-refractivity contribution is -0.165. The molecular formula is C14H22N2O. The minimum atomic E-state index is 0.463. The zero-order valence-corrected chi connectivity index (χ0v) is 10.8. The normalized spacial score (nSPS) is 22.8. The molecule has 1 fully saturated rings. The van der Waals surface area contributed by atoms with E-state index >= 15 is 0 Å². The highest BCUT2D eigenvalue weighted by Crippen LogP contribution is 2.25. The van der Waals surface area contributed by atoms with Crippen molar-refractivity contribution in [2.24, 2.45) is 0 Å². The lowest BCUT2D eigenvalue weighted by atomic mass is 10.0. The Balaban J connectivity index is 2.13. The van der Waals surface area contributed by atoms with E-state index in [0.717, 1.165) is 26.2 Å². The van der Waals surface area contributed by atoms with Crippen LogP contribution in [-0.2, 0) is 4.84 Å². The number of nitrogens with zero attached hydrogens (tertiary/aromatic N) is 2. The Hall–Kier alpha value is -0.900. The monoisotopic (exact) mass is 234 g/mol. The maximum absolute atomic E-state index is 5.38. The van der Waals surface area contributed by atoms with Crippen molar-refractivity contribution >= 4 is 0 Å². The van der Waals surface area contributed by atoms with E-state index in [0.29, 0.717) is 6.04 Å². The summed E-state index contributed by atoms with van der Waals surface area (Å²) in [4.78, 5) is 7.94. The van der Waals surface area contributed by atoms with Crippen molar-refractivity contribution in [1.82, 2.24) is 9.96 Å². The summed E-state index contributed by atoms with van der Waals surface area (Å²) in [6.45, 7) is 6.45. The second-order valence-electron chi connectivity index (χ2n) is 4.53. The summed E-state index contributed by atoms with van der Waals surface area (Å²) in [7, 11) is 1.76. The number of hydrogen-bond donors (Lipinski definition) is 0. The lowest BCUT2D eigenvalue weighted by Gasteiger charge is -2.40. The molecule has 0 amide bonds. The average Bonchev–Trinajstić information content (AvgIpc) is 2.40. The Morgan fingerprint density at radius 1 is 1.24 bits per heavy atom. The van der Waals surface area contributed by atoms with Crippen LogP contribution in [0.5, 0.6) is 0 Å². The highest BCUT2D eigenvalue weighted by atomic mass is 16.7. The van der Waals surface area contributed by atoms with Crippen LogP contribution < -0.4 is 0 Å². The molecule has 1 aromatic carbocycles. The summed E-state index contributed by atoms with van der Waals surface area (Å²) in [5.41, 5.74) is 1.39. The summed E-state index contributed by atoms with van der Waals surface area (Å²) >= 11 is 0. The summed E-state index contributed by atoms with van der Waals surface area (Å²) < 4.78 is 0. The largest absolute Gasteiger partial charge is 0.302 e. The Labute approximate surface area is 104 Å². The Bertz CT molecular complexity index is 328. The Morgan fingerprint density at radius 3 is 2.65 bits per heavy atom. The quantitative estimate of drug-likeness (QED) is 0.795. The van der Waals surface area contributed by atoms with E-state index in [2.05, 4.69) is 47.2 Å². The van der Waals surface area contributed by atoms with Gasteiger partial charge in [-0.1, -0.05) is 37.3 Å². The smallest absolute Gasteiger partial charge is 0.0575 e. The summed E-state index contributed by atoms with van der Waals surface area (Å²) in [6.07, 6.45) is 1.20. The first-order valence-electron chi connectivity index (χ1n) is 6.43. The van der Waals surface area contributed by atoms with Crippen LogP contribution in [0.25, 0.3) is 0 Å². The average molecular weight is 234 g/mol. The van der Waals surface area contributed by atoms with Crippen LogP contribution >= 0.6 is 0 Å². The first-order valence-corrected chi connectivity index (χ1v) is 6.43. The van der Waals surface area contributed by atoms with E-state index in [1.807, 2.05) is 0 Å². The van der Waals surface area contributed by atoms with E-state index in [1.54, 1.807) is 7.11 Å². The molecule has 1 aromatic rings. The van der Waals surface area contributed by atoms with Gasteiger partial charge in [0.2, 0.25) is 0 Å². The highest BCUT2D eigenvalue weighted by molar-refractivity contribution is 5.20. The number of hydrogen-bond acceptors (Lipinski definition) is 3. The van der Waals surface area contributed by atoms with E-state index in [9.17, 15) is 0 Å². The van der Waals surface area contributed by atoms with Gasteiger partial charge >= 0.3 is 0 Å². The van der Waals surface area contributed by atoms with Crippen LogP contribution in [-0.4, -0.2) is 43.3 Å². The van der Waals surface area contributed by atoms with Gasteiger partial charge in [0.25, 0.3) is 0 Å². The van der Waals surface area contributed by atoms with E-state index in [4.69, 9.17) is 4.84 Å². The molecule has 17 heavy (non-hydrogen) atoms. The third-order valence-corrected chi connectivity index (χ3v) is 3.41. The molecule has 1 heterocycles. The fourth-order valence-corrected chi connectivity index (χ4v) is 2.51. The molecule has 3 heteroatoms. The zero-order chi connectivity index (χ0) is 12.1. The molecule has 0 spiro atoms. The number of benzene rings is 1. The minimum absolute atomic E-state index is 0.463. The van der Waals surface area contributed by atoms with Gasteiger partial charge in [-0.05, 0) is 18.5 Å². The third-order valence-electron chi connectivity index (χ3n) is 3.41. The van der Waals surface area contributed by atoms with E-state index in [1.165, 1.54) is 12.0 Å². The first-order chi connectivity index (χ1) is 8.35. The van der Waals surface area contributed by atoms with Crippen LogP contribution in [0.3, 0.4) is 0 Å². The van der Waals surface area contributed by atoms with Crippen LogP contribution in [0, 0.1) is 0 Å². The molecule has 1 unspecified atom stereocenters. The van der Waals surface area contributed by atoms with Crippen LogP contribution in [0.4, 0.5) is 0 Å². The predicted octanol–water partition coefficient (Wildman–Crippen LogP) is 2.32. The van der Waals surface area contributed by atoms with Crippen LogP contribution in [0.1, 0.15) is 24.9 Å². The SMILES string of the molecule is CCCN1CCN(OC)CC1c1ccccc1. The number of piperazine rings is 1. The maximum Gasteiger partial charge on any atom is 0.0575 e. The maximum atomic E-state index is 5.38. The van der Waals surface area contributed by atoms with Crippen LogP contribution in [0.15, 0.2) is 30.3 Å². The number of hydroxylamine groups is 2. The van der Waals surface area contributed by atoms with Gasteiger partial charge in [0.05, 0.1) is 7.11 Å². The summed E-state index contributed by atoms with van der Waals surface area (Å²) in [6, 6.07) is 11.2. The topological polar surface area (TPSA) is 15.7 Å². The predicted molar refractivity (Wildman–Crippen MR) is 69.6 cm³/mol. The second kappa shape index (κ2) is 6.15. The van der Waals surface area contributed by atoms with E-state index < -0.39 is 0 Å². The van der Waals surface area contributed by atoms with Crippen molar-refractivity contribution in [2.45, 2.75) is 19.4 Å². The van der Waals surface area contributed by atoms with Crippen molar-refractivity contribution in [2.75, 3.05) is 33.3 Å². The molecule has 1 atom stereocenters. The van der Waals surface area contributed by atoms with Gasteiger partial charge in [0.15, 0.2) is 0 Å². The van der Waals surface area contributed by atoms with Crippen molar-refractivity contribution < 1.29 is 4.84 Å². The van der Waals surface area contributed by atoms with Gasteiger partial charge < -0.3 is 4.84 Å². The van der Waals surface area contributed by atoms with E-state index in [-0.39, 0.29) is 0 Å². The van der Waals surface area contributed by atoms with Gasteiger partial charge in [-0.2, -0.15) is 5.06 Å². The van der Waals surface area contributed by atoms with Gasteiger partial charge in [-0.3, -0.25) is 4.90 Å². The van der Waals surface area contributed by atoms with Gasteiger partial charge in [-0.15, -0.1) is 0 Å².